The van der Waals surface area contributed by atoms with E-state index in [0.29, 0.717) is 4.90 Å². The summed E-state index contributed by atoms with van der Waals surface area (Å²) < 4.78 is 25.2. The van der Waals surface area contributed by atoms with Gasteiger partial charge in [0, 0.05) is 0 Å². The van der Waals surface area contributed by atoms with Crippen LogP contribution in [0.5, 0.6) is 0 Å². The molecule has 6 heteroatoms. The summed E-state index contributed by atoms with van der Waals surface area (Å²) in [6.45, 7) is -0.481. The molecule has 0 spiro atoms. The standard InChI is InChI=1S/C5H6ClF2NO2/c6-3-2(7)1-9(4(3)8)5(10)11/h2-4H,1H2,(H,10,11). The summed E-state index contributed by atoms with van der Waals surface area (Å²) in [6.07, 6.45) is -5.02. The summed E-state index contributed by atoms with van der Waals surface area (Å²) in [4.78, 5) is 10.5. The molecule has 3 unspecified atom stereocenters. The highest BCUT2D eigenvalue weighted by atomic mass is 35.5. The first-order chi connectivity index (χ1) is 5.04. The molecule has 0 bridgehead atoms. The Morgan fingerprint density at radius 3 is 2.36 bits per heavy atom. The molecule has 1 aliphatic rings. The summed E-state index contributed by atoms with van der Waals surface area (Å²) >= 11 is 5.20. The van der Waals surface area contributed by atoms with Gasteiger partial charge in [-0.3, -0.25) is 4.90 Å². The predicted molar refractivity (Wildman–Crippen MR) is 34.2 cm³/mol. The van der Waals surface area contributed by atoms with Gasteiger partial charge in [-0.2, -0.15) is 0 Å². The molecular formula is C5H6ClF2NO2. The monoisotopic (exact) mass is 185 g/mol. The molecule has 0 aromatic heterocycles. The van der Waals surface area contributed by atoms with E-state index in [0.717, 1.165) is 0 Å². The van der Waals surface area contributed by atoms with Crippen LogP contribution < -0.4 is 0 Å². The van der Waals surface area contributed by atoms with Crippen molar-refractivity contribution in [3.05, 3.63) is 0 Å². The second-order valence-corrected chi connectivity index (χ2v) is 2.77. The number of alkyl halides is 3. The number of halogens is 3. The van der Waals surface area contributed by atoms with Gasteiger partial charge in [0.1, 0.15) is 11.5 Å². The van der Waals surface area contributed by atoms with Crippen LogP contribution in [0.25, 0.3) is 0 Å². The number of nitrogens with zero attached hydrogens (tertiary/aromatic N) is 1. The molecule has 11 heavy (non-hydrogen) atoms. The van der Waals surface area contributed by atoms with E-state index in [1.807, 2.05) is 0 Å². The fourth-order valence-corrected chi connectivity index (χ4v) is 1.13. The van der Waals surface area contributed by atoms with Gasteiger partial charge in [-0.15, -0.1) is 11.6 Å². The van der Waals surface area contributed by atoms with Crippen molar-refractivity contribution in [2.24, 2.45) is 0 Å². The lowest BCUT2D eigenvalue weighted by atomic mass is 10.3. The normalized spacial score (nSPS) is 37.7. The topological polar surface area (TPSA) is 40.5 Å². The molecule has 0 radical (unpaired) electrons. The lowest BCUT2D eigenvalue weighted by Gasteiger charge is -2.13. The van der Waals surface area contributed by atoms with Crippen molar-refractivity contribution < 1.29 is 18.7 Å². The van der Waals surface area contributed by atoms with Crippen molar-refractivity contribution in [3.8, 4) is 0 Å². The fraction of sp³-hybridized carbons (Fsp3) is 0.800. The molecule has 0 aromatic carbocycles. The summed E-state index contributed by atoms with van der Waals surface area (Å²) in [5.41, 5.74) is 0. The number of rotatable bonds is 0. The van der Waals surface area contributed by atoms with Crippen LogP contribution in [0.4, 0.5) is 13.6 Å². The Labute approximate surface area is 66.5 Å². The smallest absolute Gasteiger partial charge is 0.409 e. The number of likely N-dealkylation sites (tertiary alicyclic amines) is 1. The van der Waals surface area contributed by atoms with Crippen molar-refractivity contribution in [1.82, 2.24) is 4.90 Å². The highest BCUT2D eigenvalue weighted by molar-refractivity contribution is 6.21. The first-order valence-electron chi connectivity index (χ1n) is 2.96. The van der Waals surface area contributed by atoms with Crippen LogP contribution >= 0.6 is 11.6 Å². The van der Waals surface area contributed by atoms with E-state index in [2.05, 4.69) is 0 Å². The quantitative estimate of drug-likeness (QED) is 0.455. The van der Waals surface area contributed by atoms with E-state index in [1.165, 1.54) is 0 Å². The van der Waals surface area contributed by atoms with Crippen LogP contribution in [0, 0.1) is 0 Å². The van der Waals surface area contributed by atoms with Gasteiger partial charge in [-0.25, -0.2) is 13.6 Å². The molecule has 1 fully saturated rings. The Morgan fingerprint density at radius 1 is 1.64 bits per heavy atom. The molecule has 3 atom stereocenters. The molecule has 3 nitrogen and oxygen atoms in total. The first kappa shape index (κ1) is 8.52. The minimum absolute atomic E-state index is 0.350. The highest BCUT2D eigenvalue weighted by Gasteiger charge is 2.43. The van der Waals surface area contributed by atoms with E-state index < -0.39 is 30.5 Å². The highest BCUT2D eigenvalue weighted by Crippen LogP contribution is 2.26. The zero-order valence-electron chi connectivity index (χ0n) is 5.38. The Kier molecular flexibility index (Phi) is 2.17. The lowest BCUT2D eigenvalue weighted by molar-refractivity contribution is 0.0997. The van der Waals surface area contributed by atoms with E-state index >= 15 is 0 Å². The average molecular weight is 186 g/mol. The third-order valence-corrected chi connectivity index (χ3v) is 2.00. The van der Waals surface area contributed by atoms with Gasteiger partial charge < -0.3 is 5.11 Å². The van der Waals surface area contributed by atoms with Gasteiger partial charge in [0.25, 0.3) is 0 Å². The SMILES string of the molecule is O=C(O)N1CC(F)C(Cl)C1F. The van der Waals surface area contributed by atoms with Gasteiger partial charge in [0.15, 0.2) is 6.30 Å². The maximum Gasteiger partial charge on any atom is 0.409 e. The minimum Gasteiger partial charge on any atom is -0.465 e. The maximum absolute atomic E-state index is 12.7. The molecule has 0 aromatic rings. The molecule has 1 saturated heterocycles. The van der Waals surface area contributed by atoms with Crippen molar-refractivity contribution in [2.75, 3.05) is 6.54 Å². The van der Waals surface area contributed by atoms with Gasteiger partial charge in [-0.1, -0.05) is 0 Å². The zero-order chi connectivity index (χ0) is 8.59. The Balaban J connectivity index is 2.67. The summed E-state index contributed by atoms with van der Waals surface area (Å²) in [7, 11) is 0. The average Bonchev–Trinajstić information content (AvgIpc) is 2.17. The first-order valence-corrected chi connectivity index (χ1v) is 3.39. The molecule has 1 aliphatic heterocycles. The van der Waals surface area contributed by atoms with Crippen LogP contribution in [0.3, 0.4) is 0 Å². The predicted octanol–water partition coefficient (Wildman–Crippen LogP) is 1.22. The van der Waals surface area contributed by atoms with Gasteiger partial charge >= 0.3 is 6.09 Å². The zero-order valence-corrected chi connectivity index (χ0v) is 6.13. The molecule has 0 aliphatic carbocycles. The van der Waals surface area contributed by atoms with Crippen LogP contribution in [0.1, 0.15) is 0 Å². The van der Waals surface area contributed by atoms with Crippen molar-refractivity contribution in [1.29, 1.82) is 0 Å². The third kappa shape index (κ3) is 1.38. The minimum atomic E-state index is -1.93. The van der Waals surface area contributed by atoms with Crippen molar-refractivity contribution in [2.45, 2.75) is 17.8 Å². The summed E-state index contributed by atoms with van der Waals surface area (Å²) in [5, 5.41) is 6.91. The summed E-state index contributed by atoms with van der Waals surface area (Å²) in [6, 6.07) is 0. The van der Waals surface area contributed by atoms with Crippen LogP contribution in [0.2, 0.25) is 0 Å². The van der Waals surface area contributed by atoms with Gasteiger partial charge in [-0.05, 0) is 0 Å². The fourth-order valence-electron chi connectivity index (χ4n) is 0.917. The molecule has 1 heterocycles. The summed E-state index contributed by atoms with van der Waals surface area (Å²) in [5.74, 6) is 0. The molecular weight excluding hydrogens is 180 g/mol. The Morgan fingerprint density at radius 2 is 2.18 bits per heavy atom. The lowest BCUT2D eigenvalue weighted by Crippen LogP contribution is -2.33. The molecule has 1 amide bonds. The van der Waals surface area contributed by atoms with E-state index in [4.69, 9.17) is 16.7 Å². The van der Waals surface area contributed by atoms with E-state index in [1.54, 1.807) is 0 Å². The maximum atomic E-state index is 12.7. The van der Waals surface area contributed by atoms with E-state index in [-0.39, 0.29) is 0 Å². The third-order valence-electron chi connectivity index (χ3n) is 1.52. The number of amides is 1. The molecule has 0 saturated carbocycles. The van der Waals surface area contributed by atoms with Crippen LogP contribution in [-0.2, 0) is 0 Å². The van der Waals surface area contributed by atoms with Crippen LogP contribution in [0.15, 0.2) is 0 Å². The number of hydrogen-bond acceptors (Lipinski definition) is 1. The number of hydrogen-bond donors (Lipinski definition) is 1. The number of carbonyl (C=O) groups is 1. The Hall–Kier alpha value is -0.580. The van der Waals surface area contributed by atoms with Crippen molar-refractivity contribution in [3.63, 3.8) is 0 Å². The van der Waals surface area contributed by atoms with Gasteiger partial charge in [0.05, 0.1) is 6.54 Å². The number of carboxylic acid groups (broad SMARTS) is 1. The molecule has 64 valence electrons. The van der Waals surface area contributed by atoms with Crippen LogP contribution in [-0.4, -0.2) is 40.5 Å². The molecule has 1 N–H and O–H groups in total. The van der Waals surface area contributed by atoms with E-state index in [9.17, 15) is 13.6 Å². The second kappa shape index (κ2) is 2.81. The van der Waals surface area contributed by atoms with Gasteiger partial charge in [0.2, 0.25) is 0 Å². The second-order valence-electron chi connectivity index (χ2n) is 2.27. The largest absolute Gasteiger partial charge is 0.465 e. The molecule has 1 rings (SSSR count). The van der Waals surface area contributed by atoms with Crippen molar-refractivity contribution >= 4 is 17.7 Å². The Bertz CT molecular complexity index is 180.